The highest BCUT2D eigenvalue weighted by molar-refractivity contribution is 5.79. The van der Waals surface area contributed by atoms with Crippen molar-refractivity contribution >= 4 is 11.6 Å². The van der Waals surface area contributed by atoms with E-state index in [0.29, 0.717) is 6.07 Å². The van der Waals surface area contributed by atoms with Crippen molar-refractivity contribution in [3.63, 3.8) is 0 Å². The molecule has 0 saturated heterocycles. The highest BCUT2D eigenvalue weighted by Gasteiger charge is 2.31. The smallest absolute Gasteiger partial charge is 0.416 e. The van der Waals surface area contributed by atoms with E-state index >= 15 is 0 Å². The maximum Gasteiger partial charge on any atom is 0.416 e. The van der Waals surface area contributed by atoms with Crippen LogP contribution in [0.2, 0.25) is 0 Å². The fourth-order valence-electron chi connectivity index (χ4n) is 0.972. The lowest BCUT2D eigenvalue weighted by Gasteiger charge is -2.07. The Morgan fingerprint density at radius 3 is 2.27 bits per heavy atom. The van der Waals surface area contributed by atoms with Crippen LogP contribution < -0.4 is 11.5 Å². The molecule has 1 aromatic rings. The van der Waals surface area contributed by atoms with Crippen LogP contribution in [-0.4, -0.2) is 11.1 Å². The molecule has 0 heterocycles. The number of rotatable bonds is 1. The Balaban J connectivity index is 3.23. The zero-order chi connectivity index (χ0) is 11.6. The summed E-state index contributed by atoms with van der Waals surface area (Å²) in [4.78, 5) is 3.41. The maximum absolute atomic E-state index is 12.3. The molecular formula is C8H8F3N3O. The summed E-state index contributed by atoms with van der Waals surface area (Å²) in [5, 5.41) is 9.02. The lowest BCUT2D eigenvalue weighted by molar-refractivity contribution is -0.137. The molecule has 82 valence electrons. The first-order valence-electron chi connectivity index (χ1n) is 3.80. The van der Waals surface area contributed by atoms with Crippen LogP contribution in [0.4, 0.5) is 18.9 Å². The molecule has 0 radical (unpaired) electrons. The number of benzene rings is 1. The summed E-state index contributed by atoms with van der Waals surface area (Å²) in [7, 11) is 0. The lowest BCUT2D eigenvalue weighted by atomic mass is 10.2. The first kappa shape index (κ1) is 11.2. The molecule has 0 spiro atoms. The summed E-state index contributed by atoms with van der Waals surface area (Å²) in [6.45, 7) is 0. The van der Waals surface area contributed by atoms with Gasteiger partial charge in [0, 0.05) is 6.07 Å². The van der Waals surface area contributed by atoms with Gasteiger partial charge in [0.25, 0.3) is 0 Å². The average Bonchev–Trinajstić information content (AvgIpc) is 1.99. The number of aliphatic imine (C=N–C) groups is 1. The minimum absolute atomic E-state index is 0.151. The van der Waals surface area contributed by atoms with Crippen LogP contribution in [-0.2, 0) is 6.18 Å². The van der Waals surface area contributed by atoms with Gasteiger partial charge >= 0.3 is 6.18 Å². The van der Waals surface area contributed by atoms with Crippen LogP contribution in [0.25, 0.3) is 0 Å². The Bertz CT molecular complexity index is 397. The number of aromatic hydroxyl groups is 1. The minimum atomic E-state index is -4.55. The van der Waals surface area contributed by atoms with Gasteiger partial charge in [-0.2, -0.15) is 13.2 Å². The molecular weight excluding hydrogens is 211 g/mol. The molecule has 15 heavy (non-hydrogen) atoms. The van der Waals surface area contributed by atoms with Gasteiger partial charge in [-0.05, 0) is 12.1 Å². The summed E-state index contributed by atoms with van der Waals surface area (Å²) in [6.07, 6.45) is -4.55. The van der Waals surface area contributed by atoms with Crippen molar-refractivity contribution < 1.29 is 18.3 Å². The van der Waals surface area contributed by atoms with E-state index in [9.17, 15) is 13.2 Å². The SMILES string of the molecule is NC(N)=Nc1cc(O)cc(C(F)(F)F)c1. The molecule has 7 heteroatoms. The standard InChI is InChI=1S/C8H8F3N3O/c9-8(10,11)4-1-5(14-7(12)13)3-6(15)2-4/h1-3,15H,(H4,12,13,14). The highest BCUT2D eigenvalue weighted by Crippen LogP contribution is 2.34. The van der Waals surface area contributed by atoms with Crippen LogP contribution in [0.5, 0.6) is 5.75 Å². The first-order valence-corrected chi connectivity index (χ1v) is 3.80. The summed E-state index contributed by atoms with van der Waals surface area (Å²) in [6, 6.07) is 2.35. The summed E-state index contributed by atoms with van der Waals surface area (Å²) < 4.78 is 36.8. The van der Waals surface area contributed by atoms with Gasteiger partial charge in [0.1, 0.15) is 5.75 Å². The largest absolute Gasteiger partial charge is 0.508 e. The van der Waals surface area contributed by atoms with E-state index in [1.54, 1.807) is 0 Å². The fraction of sp³-hybridized carbons (Fsp3) is 0.125. The quantitative estimate of drug-likeness (QED) is 0.491. The molecule has 0 amide bonds. The number of hydrogen-bond acceptors (Lipinski definition) is 2. The number of nitrogens with two attached hydrogens (primary N) is 2. The molecule has 1 aromatic carbocycles. The van der Waals surface area contributed by atoms with Gasteiger partial charge in [-0.25, -0.2) is 4.99 Å². The van der Waals surface area contributed by atoms with E-state index in [1.165, 1.54) is 0 Å². The molecule has 0 bridgehead atoms. The number of guanidine groups is 1. The van der Waals surface area contributed by atoms with Crippen molar-refractivity contribution in [1.29, 1.82) is 0 Å². The Morgan fingerprint density at radius 2 is 1.80 bits per heavy atom. The Kier molecular flexibility index (Phi) is 2.74. The highest BCUT2D eigenvalue weighted by atomic mass is 19.4. The molecule has 0 aliphatic carbocycles. The van der Waals surface area contributed by atoms with Crippen LogP contribution >= 0.6 is 0 Å². The number of hydrogen-bond donors (Lipinski definition) is 3. The van der Waals surface area contributed by atoms with Crippen LogP contribution in [0.15, 0.2) is 23.2 Å². The molecule has 0 saturated carbocycles. The van der Waals surface area contributed by atoms with Crippen molar-refractivity contribution in [3.05, 3.63) is 23.8 Å². The topological polar surface area (TPSA) is 84.6 Å². The number of alkyl halides is 3. The van der Waals surface area contributed by atoms with E-state index in [-0.39, 0.29) is 11.6 Å². The van der Waals surface area contributed by atoms with E-state index in [0.717, 1.165) is 12.1 Å². The summed E-state index contributed by atoms with van der Waals surface area (Å²) >= 11 is 0. The van der Waals surface area contributed by atoms with Crippen molar-refractivity contribution in [2.45, 2.75) is 6.18 Å². The van der Waals surface area contributed by atoms with Gasteiger partial charge in [-0.3, -0.25) is 0 Å². The fourth-order valence-corrected chi connectivity index (χ4v) is 0.972. The van der Waals surface area contributed by atoms with Crippen molar-refractivity contribution in [3.8, 4) is 5.75 Å². The molecule has 0 aliphatic rings. The summed E-state index contributed by atoms with van der Waals surface area (Å²) in [5.41, 5.74) is 8.83. The number of nitrogens with zero attached hydrogens (tertiary/aromatic N) is 1. The zero-order valence-electron chi connectivity index (χ0n) is 7.42. The zero-order valence-corrected chi connectivity index (χ0v) is 7.42. The predicted molar refractivity (Wildman–Crippen MR) is 48.6 cm³/mol. The second-order valence-corrected chi connectivity index (χ2v) is 2.77. The molecule has 1 rings (SSSR count). The Morgan fingerprint density at radius 1 is 1.20 bits per heavy atom. The third-order valence-corrected chi connectivity index (χ3v) is 1.49. The molecule has 0 aromatic heterocycles. The van der Waals surface area contributed by atoms with E-state index < -0.39 is 17.5 Å². The predicted octanol–water partition coefficient (Wildman–Crippen LogP) is 1.32. The second-order valence-electron chi connectivity index (χ2n) is 2.77. The van der Waals surface area contributed by atoms with Gasteiger partial charge < -0.3 is 16.6 Å². The molecule has 0 fully saturated rings. The Hall–Kier alpha value is -1.92. The molecule has 4 nitrogen and oxygen atoms in total. The third kappa shape index (κ3) is 3.04. The van der Waals surface area contributed by atoms with Crippen molar-refractivity contribution in [2.24, 2.45) is 16.5 Å². The summed E-state index contributed by atoms with van der Waals surface area (Å²) in [5.74, 6) is -0.932. The molecule has 5 N–H and O–H groups in total. The minimum Gasteiger partial charge on any atom is -0.508 e. The van der Waals surface area contributed by atoms with Gasteiger partial charge in [0.15, 0.2) is 5.96 Å². The number of phenolic OH excluding ortho intramolecular Hbond substituents is 1. The molecule has 0 unspecified atom stereocenters. The van der Waals surface area contributed by atoms with Crippen LogP contribution in [0, 0.1) is 0 Å². The van der Waals surface area contributed by atoms with E-state index in [4.69, 9.17) is 16.6 Å². The Labute approximate surface area is 83.0 Å². The molecule has 0 atom stereocenters. The van der Waals surface area contributed by atoms with E-state index in [2.05, 4.69) is 4.99 Å². The average molecular weight is 219 g/mol. The van der Waals surface area contributed by atoms with Crippen LogP contribution in [0.1, 0.15) is 5.56 Å². The van der Waals surface area contributed by atoms with Crippen molar-refractivity contribution in [1.82, 2.24) is 0 Å². The number of halogens is 3. The number of phenols is 1. The van der Waals surface area contributed by atoms with Gasteiger partial charge in [0.2, 0.25) is 0 Å². The first-order chi connectivity index (χ1) is 6.79. The molecule has 0 aliphatic heterocycles. The van der Waals surface area contributed by atoms with Crippen LogP contribution in [0.3, 0.4) is 0 Å². The second kappa shape index (κ2) is 3.68. The van der Waals surface area contributed by atoms with Crippen molar-refractivity contribution in [2.75, 3.05) is 0 Å². The lowest BCUT2D eigenvalue weighted by Crippen LogP contribution is -2.21. The van der Waals surface area contributed by atoms with Gasteiger partial charge in [-0.15, -0.1) is 0 Å². The third-order valence-electron chi connectivity index (χ3n) is 1.49. The van der Waals surface area contributed by atoms with E-state index in [1.807, 2.05) is 0 Å². The van der Waals surface area contributed by atoms with Gasteiger partial charge in [-0.1, -0.05) is 0 Å². The normalized spacial score (nSPS) is 11.1. The maximum atomic E-state index is 12.3. The monoisotopic (exact) mass is 219 g/mol. The van der Waals surface area contributed by atoms with Gasteiger partial charge in [0.05, 0.1) is 11.3 Å².